The Balaban J connectivity index is 1.60. The molecular weight excluding hydrogens is 420 g/mol. The van der Waals surface area contributed by atoms with Gasteiger partial charge in [-0.15, -0.1) is 0 Å². The number of fused-ring (bicyclic) bond motifs is 1. The van der Waals surface area contributed by atoms with Crippen LogP contribution in [0.4, 0.5) is 0 Å². The molecule has 0 atom stereocenters. The van der Waals surface area contributed by atoms with Gasteiger partial charge in [-0.3, -0.25) is 4.79 Å². The zero-order valence-corrected chi connectivity index (χ0v) is 17.4. The van der Waals surface area contributed by atoms with Gasteiger partial charge in [-0.25, -0.2) is 4.79 Å². The smallest absolute Gasteiger partial charge is 0.345 e. The van der Waals surface area contributed by atoms with Crippen LogP contribution in [0.25, 0.3) is 6.08 Å². The second-order valence-electron chi connectivity index (χ2n) is 6.57. The number of methoxy groups -OCH3 is 2. The normalized spacial score (nSPS) is 13.5. The molecule has 0 spiro atoms. The summed E-state index contributed by atoms with van der Waals surface area (Å²) in [5.74, 6) is 0.936. The number of ether oxygens (including phenoxy) is 4. The highest BCUT2D eigenvalue weighted by Gasteiger charge is 2.28. The van der Waals surface area contributed by atoms with E-state index in [-0.39, 0.29) is 27.9 Å². The number of hydrogen-bond donors (Lipinski definition) is 0. The van der Waals surface area contributed by atoms with Crippen LogP contribution in [0.5, 0.6) is 23.0 Å². The van der Waals surface area contributed by atoms with Gasteiger partial charge in [0.25, 0.3) is 0 Å². The fraction of sp³-hybridized carbons (Fsp3) is 0.0833. The Morgan fingerprint density at radius 1 is 0.968 bits per heavy atom. The SMILES string of the molecule is COc1ccc(OC)c(/C=C2\Oc3cc(OC(=O)c4ccccc4Cl)ccc3C2=O)c1. The lowest BCUT2D eigenvalue weighted by atomic mass is 10.1. The lowest BCUT2D eigenvalue weighted by Gasteiger charge is -2.08. The van der Waals surface area contributed by atoms with Crippen molar-refractivity contribution >= 4 is 29.4 Å². The Bertz CT molecular complexity index is 1210. The van der Waals surface area contributed by atoms with Crippen molar-refractivity contribution in [2.75, 3.05) is 14.2 Å². The minimum Gasteiger partial charge on any atom is -0.497 e. The van der Waals surface area contributed by atoms with E-state index in [1.165, 1.54) is 19.2 Å². The average Bonchev–Trinajstić information content (AvgIpc) is 3.08. The molecule has 3 aromatic carbocycles. The Hall–Kier alpha value is -3.77. The van der Waals surface area contributed by atoms with Gasteiger partial charge in [0, 0.05) is 11.6 Å². The van der Waals surface area contributed by atoms with Crippen LogP contribution in [0.2, 0.25) is 5.02 Å². The molecule has 0 fully saturated rings. The van der Waals surface area contributed by atoms with Crippen LogP contribution in [0.1, 0.15) is 26.3 Å². The first kappa shape index (κ1) is 20.5. The molecule has 1 aliphatic heterocycles. The number of Topliss-reactive ketones (excluding diaryl/α,β-unsaturated/α-hetero) is 1. The molecule has 1 aliphatic rings. The Morgan fingerprint density at radius 3 is 2.48 bits per heavy atom. The summed E-state index contributed by atoms with van der Waals surface area (Å²) in [5.41, 5.74) is 1.24. The van der Waals surface area contributed by atoms with Gasteiger partial charge in [0.05, 0.1) is 30.4 Å². The zero-order valence-electron chi connectivity index (χ0n) is 16.7. The molecule has 0 saturated heterocycles. The summed E-state index contributed by atoms with van der Waals surface area (Å²) >= 11 is 6.04. The molecule has 0 bridgehead atoms. The number of esters is 1. The summed E-state index contributed by atoms with van der Waals surface area (Å²) in [5, 5.41) is 0.289. The highest BCUT2D eigenvalue weighted by atomic mass is 35.5. The molecule has 7 heteroatoms. The third kappa shape index (κ3) is 4.11. The predicted molar refractivity (Wildman–Crippen MR) is 115 cm³/mol. The number of hydrogen-bond acceptors (Lipinski definition) is 6. The Labute approximate surface area is 183 Å². The maximum atomic E-state index is 12.8. The zero-order chi connectivity index (χ0) is 22.0. The third-order valence-electron chi connectivity index (χ3n) is 4.67. The summed E-state index contributed by atoms with van der Waals surface area (Å²) in [4.78, 5) is 25.1. The van der Waals surface area contributed by atoms with Crippen molar-refractivity contribution in [2.24, 2.45) is 0 Å². The lowest BCUT2D eigenvalue weighted by molar-refractivity contribution is 0.0734. The number of carbonyl (C=O) groups excluding carboxylic acids is 2. The van der Waals surface area contributed by atoms with Crippen LogP contribution in [0.15, 0.2) is 66.4 Å². The topological polar surface area (TPSA) is 71.1 Å². The first-order valence-corrected chi connectivity index (χ1v) is 9.65. The monoisotopic (exact) mass is 436 g/mol. The summed E-state index contributed by atoms with van der Waals surface area (Å²) in [6, 6.07) is 16.4. The van der Waals surface area contributed by atoms with E-state index < -0.39 is 5.97 Å². The molecule has 3 aromatic rings. The van der Waals surface area contributed by atoms with Gasteiger partial charge in [-0.05, 0) is 48.5 Å². The first-order chi connectivity index (χ1) is 15.0. The molecule has 4 rings (SSSR count). The van der Waals surface area contributed by atoms with E-state index >= 15 is 0 Å². The molecule has 0 radical (unpaired) electrons. The van der Waals surface area contributed by atoms with Crippen LogP contribution >= 0.6 is 11.6 Å². The largest absolute Gasteiger partial charge is 0.497 e. The molecule has 0 aromatic heterocycles. The van der Waals surface area contributed by atoms with Gasteiger partial charge < -0.3 is 18.9 Å². The maximum absolute atomic E-state index is 12.8. The highest BCUT2D eigenvalue weighted by molar-refractivity contribution is 6.33. The van der Waals surface area contributed by atoms with Gasteiger partial charge >= 0.3 is 5.97 Å². The van der Waals surface area contributed by atoms with E-state index in [4.69, 9.17) is 30.5 Å². The van der Waals surface area contributed by atoms with Gasteiger partial charge in [0.2, 0.25) is 5.78 Å². The summed E-state index contributed by atoms with van der Waals surface area (Å²) < 4.78 is 21.7. The molecule has 0 saturated carbocycles. The van der Waals surface area contributed by atoms with Crippen molar-refractivity contribution in [3.05, 3.63) is 88.1 Å². The van der Waals surface area contributed by atoms with Crippen LogP contribution < -0.4 is 18.9 Å². The Kier molecular flexibility index (Phi) is 5.64. The number of allylic oxidation sites excluding steroid dienone is 1. The standard InChI is InChI=1S/C24H17ClO6/c1-28-15-8-10-20(29-2)14(11-15)12-22-23(26)18-9-7-16(13-21(18)31-22)30-24(27)17-5-3-4-6-19(17)25/h3-13H,1-2H3/b22-12-. The molecule has 0 unspecified atom stereocenters. The second-order valence-corrected chi connectivity index (χ2v) is 6.98. The number of halogens is 1. The Morgan fingerprint density at radius 2 is 1.74 bits per heavy atom. The van der Waals surface area contributed by atoms with E-state index in [0.29, 0.717) is 28.4 Å². The third-order valence-corrected chi connectivity index (χ3v) is 5.00. The molecular formula is C24H17ClO6. The number of ketones is 1. The quantitative estimate of drug-likeness (QED) is 0.311. The van der Waals surface area contributed by atoms with Gasteiger partial charge in [-0.2, -0.15) is 0 Å². The first-order valence-electron chi connectivity index (χ1n) is 9.27. The minimum absolute atomic E-state index is 0.121. The predicted octanol–water partition coefficient (Wildman–Crippen LogP) is 5.19. The van der Waals surface area contributed by atoms with Crippen molar-refractivity contribution in [3.63, 3.8) is 0 Å². The number of rotatable bonds is 5. The van der Waals surface area contributed by atoms with Crippen molar-refractivity contribution in [1.82, 2.24) is 0 Å². The molecule has 0 N–H and O–H groups in total. The molecule has 156 valence electrons. The van der Waals surface area contributed by atoms with E-state index in [1.807, 2.05) is 0 Å². The van der Waals surface area contributed by atoms with Crippen molar-refractivity contribution in [3.8, 4) is 23.0 Å². The fourth-order valence-corrected chi connectivity index (χ4v) is 3.33. The summed E-state index contributed by atoms with van der Waals surface area (Å²) in [6.45, 7) is 0. The van der Waals surface area contributed by atoms with Crippen molar-refractivity contribution in [1.29, 1.82) is 0 Å². The lowest BCUT2D eigenvalue weighted by Crippen LogP contribution is -2.09. The molecule has 6 nitrogen and oxygen atoms in total. The van der Waals surface area contributed by atoms with E-state index in [2.05, 4.69) is 0 Å². The number of carbonyl (C=O) groups is 2. The van der Waals surface area contributed by atoms with Gasteiger partial charge in [0.15, 0.2) is 5.76 Å². The molecule has 0 amide bonds. The van der Waals surface area contributed by atoms with E-state index in [0.717, 1.165) is 0 Å². The van der Waals surface area contributed by atoms with Crippen LogP contribution in [-0.2, 0) is 0 Å². The maximum Gasteiger partial charge on any atom is 0.345 e. The number of benzene rings is 3. The van der Waals surface area contributed by atoms with Crippen LogP contribution in [-0.4, -0.2) is 26.0 Å². The van der Waals surface area contributed by atoms with Gasteiger partial charge in [0.1, 0.15) is 23.0 Å². The average molecular weight is 437 g/mol. The van der Waals surface area contributed by atoms with E-state index in [1.54, 1.807) is 61.7 Å². The summed E-state index contributed by atoms with van der Waals surface area (Å²) in [7, 11) is 3.09. The molecule has 1 heterocycles. The second kappa shape index (κ2) is 8.53. The summed E-state index contributed by atoms with van der Waals surface area (Å²) in [6.07, 6.45) is 1.58. The fourth-order valence-electron chi connectivity index (χ4n) is 3.11. The van der Waals surface area contributed by atoms with Crippen LogP contribution in [0, 0.1) is 0 Å². The minimum atomic E-state index is -0.605. The van der Waals surface area contributed by atoms with Crippen molar-refractivity contribution < 1.29 is 28.5 Å². The molecule has 0 aliphatic carbocycles. The van der Waals surface area contributed by atoms with Crippen LogP contribution in [0.3, 0.4) is 0 Å². The van der Waals surface area contributed by atoms with Crippen molar-refractivity contribution in [2.45, 2.75) is 0 Å². The molecule has 31 heavy (non-hydrogen) atoms. The van der Waals surface area contributed by atoms with E-state index in [9.17, 15) is 9.59 Å². The highest BCUT2D eigenvalue weighted by Crippen LogP contribution is 2.36. The van der Waals surface area contributed by atoms with Gasteiger partial charge in [-0.1, -0.05) is 23.7 Å².